The van der Waals surface area contributed by atoms with Crippen molar-refractivity contribution in [3.05, 3.63) is 99.7 Å². The molecule has 2 aromatic carbocycles. The molecule has 0 radical (unpaired) electrons. The van der Waals surface area contributed by atoms with E-state index in [2.05, 4.69) is 138 Å². The molecule has 1 aliphatic rings. The summed E-state index contributed by atoms with van der Waals surface area (Å²) in [6.07, 6.45) is 6.03. The number of hydrogen-bond donors (Lipinski definition) is 1. The van der Waals surface area contributed by atoms with Gasteiger partial charge in [0, 0.05) is 22.3 Å². The van der Waals surface area contributed by atoms with Gasteiger partial charge in [0.25, 0.3) is 0 Å². The third-order valence-corrected chi connectivity index (χ3v) is 7.44. The number of rotatable bonds is 3. The van der Waals surface area contributed by atoms with Crippen LogP contribution >= 0.6 is 0 Å². The molecule has 2 aromatic rings. The van der Waals surface area contributed by atoms with E-state index in [1.54, 1.807) is 0 Å². The Hall–Kier alpha value is -3.13. The van der Waals surface area contributed by atoms with E-state index < -0.39 is 0 Å². The summed E-state index contributed by atoms with van der Waals surface area (Å²) >= 11 is 0. The molecule has 1 N–H and O–H groups in total. The van der Waals surface area contributed by atoms with Crippen LogP contribution in [0.2, 0.25) is 0 Å². The molecule has 208 valence electrons. The Morgan fingerprint density at radius 3 is 1.41 bits per heavy atom. The van der Waals surface area contributed by atoms with Gasteiger partial charge in [-0.25, -0.2) is 0 Å². The number of phenolic OH excluding ortho intramolecular Hbond substituents is 1. The number of phenols is 1. The van der Waals surface area contributed by atoms with Crippen molar-refractivity contribution in [1.29, 1.82) is 0 Å². The molecule has 0 saturated heterocycles. The molecular weight excluding hydrogens is 476 g/mol. The largest absolute Gasteiger partial charge is 0.507 e. The monoisotopic (exact) mass is 524 g/mol. The summed E-state index contributed by atoms with van der Waals surface area (Å²) in [5, 5.41) is 11.5. The van der Waals surface area contributed by atoms with Gasteiger partial charge >= 0.3 is 0 Å². The van der Waals surface area contributed by atoms with Crippen LogP contribution in [0.25, 0.3) is 11.6 Å². The van der Waals surface area contributed by atoms with E-state index in [4.69, 9.17) is 0 Å². The molecule has 0 heterocycles. The van der Waals surface area contributed by atoms with Crippen molar-refractivity contribution in [2.24, 2.45) is 10.8 Å². The lowest BCUT2D eigenvalue weighted by Gasteiger charge is -2.32. The van der Waals surface area contributed by atoms with Crippen LogP contribution in [0.1, 0.15) is 111 Å². The number of hydrogen-bond acceptors (Lipinski definition) is 2. The fourth-order valence-corrected chi connectivity index (χ4v) is 5.10. The molecule has 39 heavy (non-hydrogen) atoms. The number of carbonyl (C=O) groups excluding carboxylic acids is 1. The fourth-order valence-electron chi connectivity index (χ4n) is 5.10. The Morgan fingerprint density at radius 2 is 1.08 bits per heavy atom. The van der Waals surface area contributed by atoms with Gasteiger partial charge < -0.3 is 5.11 Å². The van der Waals surface area contributed by atoms with Crippen LogP contribution in [0.4, 0.5) is 0 Å². The smallest absolute Gasteiger partial charge is 0.186 e. The molecule has 0 fully saturated rings. The van der Waals surface area contributed by atoms with E-state index in [9.17, 15) is 9.90 Å². The van der Waals surface area contributed by atoms with E-state index in [0.717, 1.165) is 50.1 Å². The van der Waals surface area contributed by atoms with Gasteiger partial charge in [0.1, 0.15) is 5.75 Å². The quantitative estimate of drug-likeness (QED) is 0.434. The Bertz CT molecular complexity index is 1310. The predicted octanol–water partition coefficient (Wildman–Crippen LogP) is 9.96. The van der Waals surface area contributed by atoms with Gasteiger partial charge in [-0.15, -0.1) is 0 Å². The standard InChI is InChI=1S/C37H48O2/c1-14-23-15-17-24(18-16-23)31(25-19-27(34(2,3)4)32(38)28(20-25)35(5,6)7)26-21-29(36(8,9)10)33(39)30(22-26)37(11,12)13/h14-22,38H,1H2,2-13H3. The maximum absolute atomic E-state index is 13.8. The summed E-state index contributed by atoms with van der Waals surface area (Å²) in [6, 6.07) is 12.7. The second-order valence-electron chi connectivity index (χ2n) is 15.0. The molecule has 3 rings (SSSR count). The molecule has 0 spiro atoms. The average Bonchev–Trinajstić information content (AvgIpc) is 2.78. The molecule has 0 bridgehead atoms. The zero-order chi connectivity index (χ0) is 29.7. The average molecular weight is 525 g/mol. The highest BCUT2D eigenvalue weighted by molar-refractivity contribution is 6.12. The minimum Gasteiger partial charge on any atom is -0.507 e. The highest BCUT2D eigenvalue weighted by atomic mass is 16.3. The topological polar surface area (TPSA) is 37.3 Å². The van der Waals surface area contributed by atoms with Crippen LogP contribution in [0, 0.1) is 10.8 Å². The Labute approximate surface area is 237 Å². The number of allylic oxidation sites excluding steroid dienone is 5. The third kappa shape index (κ3) is 6.38. The highest BCUT2D eigenvalue weighted by Crippen LogP contribution is 2.45. The lowest BCUT2D eigenvalue weighted by Crippen LogP contribution is -2.28. The number of aromatic hydroxyl groups is 1. The molecule has 2 nitrogen and oxygen atoms in total. The van der Waals surface area contributed by atoms with E-state index >= 15 is 0 Å². The Morgan fingerprint density at radius 1 is 0.667 bits per heavy atom. The molecule has 0 amide bonds. The molecule has 0 saturated carbocycles. The minimum absolute atomic E-state index is 0.122. The zero-order valence-electron chi connectivity index (χ0n) is 26.3. The molecule has 1 aliphatic carbocycles. The summed E-state index contributed by atoms with van der Waals surface area (Å²) in [7, 11) is 0. The van der Waals surface area contributed by atoms with Crippen molar-refractivity contribution in [3.63, 3.8) is 0 Å². The molecule has 0 aromatic heterocycles. The first-order chi connectivity index (χ1) is 17.7. The highest BCUT2D eigenvalue weighted by Gasteiger charge is 2.35. The first kappa shape index (κ1) is 30.4. The Balaban J connectivity index is 2.58. The van der Waals surface area contributed by atoms with Crippen LogP contribution < -0.4 is 0 Å². The van der Waals surface area contributed by atoms with E-state index in [0.29, 0.717) is 5.75 Å². The second-order valence-corrected chi connectivity index (χ2v) is 15.0. The number of ketones is 1. The number of Topliss-reactive ketones (excluding diaryl/α,β-unsaturated/α-hetero) is 1. The van der Waals surface area contributed by atoms with Gasteiger partial charge in [0.05, 0.1) is 0 Å². The van der Waals surface area contributed by atoms with Gasteiger partial charge in [0.15, 0.2) is 5.78 Å². The van der Waals surface area contributed by atoms with Gasteiger partial charge in [0.2, 0.25) is 0 Å². The van der Waals surface area contributed by atoms with Crippen molar-refractivity contribution in [3.8, 4) is 5.75 Å². The summed E-state index contributed by atoms with van der Waals surface area (Å²) in [5.74, 6) is 0.484. The number of carbonyl (C=O) groups is 1. The summed E-state index contributed by atoms with van der Waals surface area (Å²) in [4.78, 5) is 13.8. The van der Waals surface area contributed by atoms with Gasteiger partial charge in [-0.2, -0.15) is 0 Å². The molecular formula is C37H48O2. The summed E-state index contributed by atoms with van der Waals surface area (Å²) in [6.45, 7) is 29.4. The summed E-state index contributed by atoms with van der Waals surface area (Å²) in [5.41, 5.74) is 7.53. The van der Waals surface area contributed by atoms with Crippen molar-refractivity contribution in [2.45, 2.75) is 93.9 Å². The Kier molecular flexibility index (Phi) is 7.89. The van der Waals surface area contributed by atoms with Gasteiger partial charge in [-0.1, -0.05) is 120 Å². The van der Waals surface area contributed by atoms with Crippen molar-refractivity contribution in [2.75, 3.05) is 0 Å². The molecule has 0 atom stereocenters. The van der Waals surface area contributed by atoms with Crippen molar-refractivity contribution in [1.82, 2.24) is 0 Å². The number of benzene rings is 2. The fraction of sp³-hybridized carbons (Fsp3) is 0.432. The molecule has 2 heteroatoms. The lowest BCUT2D eigenvalue weighted by molar-refractivity contribution is -0.114. The minimum atomic E-state index is -0.313. The van der Waals surface area contributed by atoms with Gasteiger partial charge in [-0.05, 0) is 73.8 Å². The van der Waals surface area contributed by atoms with E-state index in [1.807, 2.05) is 6.08 Å². The van der Waals surface area contributed by atoms with Crippen LogP contribution in [-0.4, -0.2) is 10.9 Å². The first-order valence-corrected chi connectivity index (χ1v) is 14.0. The normalized spacial score (nSPS) is 15.2. The van der Waals surface area contributed by atoms with Gasteiger partial charge in [-0.3, -0.25) is 4.79 Å². The van der Waals surface area contributed by atoms with Crippen LogP contribution in [0.3, 0.4) is 0 Å². The molecule has 0 unspecified atom stereocenters. The molecule has 0 aliphatic heterocycles. The zero-order valence-corrected chi connectivity index (χ0v) is 26.3. The first-order valence-electron chi connectivity index (χ1n) is 14.0. The third-order valence-electron chi connectivity index (χ3n) is 7.44. The summed E-state index contributed by atoms with van der Waals surface area (Å²) < 4.78 is 0. The van der Waals surface area contributed by atoms with Crippen molar-refractivity contribution >= 4 is 17.4 Å². The maximum atomic E-state index is 13.8. The maximum Gasteiger partial charge on any atom is 0.186 e. The van der Waals surface area contributed by atoms with E-state index in [1.165, 1.54) is 0 Å². The van der Waals surface area contributed by atoms with Crippen molar-refractivity contribution < 1.29 is 9.90 Å². The van der Waals surface area contributed by atoms with Crippen LogP contribution in [-0.2, 0) is 15.6 Å². The predicted molar refractivity (Wildman–Crippen MR) is 168 cm³/mol. The SMILES string of the molecule is C=Cc1ccc(C(=C2C=C(C(C)(C)C)C(=O)C(C(C)(C)C)=C2)c2cc(C(C)(C)C)c(O)c(C(C)(C)C)c2)cc1. The second kappa shape index (κ2) is 10.1. The van der Waals surface area contributed by atoms with E-state index in [-0.39, 0.29) is 27.4 Å². The van der Waals surface area contributed by atoms with Crippen LogP contribution in [0.15, 0.2) is 71.8 Å². The van der Waals surface area contributed by atoms with Crippen LogP contribution in [0.5, 0.6) is 5.75 Å². The lowest BCUT2D eigenvalue weighted by atomic mass is 9.70.